The van der Waals surface area contributed by atoms with Crippen LogP contribution in [0.1, 0.15) is 25.7 Å². The third-order valence-electron chi connectivity index (χ3n) is 3.44. The maximum atomic E-state index is 5.92. The SMILES string of the molecule is CNc1nc(OCC2CCCC2)c2ccsc2n1. The van der Waals surface area contributed by atoms with Gasteiger partial charge in [0, 0.05) is 7.05 Å². The zero-order valence-corrected chi connectivity index (χ0v) is 11.3. The summed E-state index contributed by atoms with van der Waals surface area (Å²) in [5.41, 5.74) is 0. The van der Waals surface area contributed by atoms with Crippen LogP contribution in [0, 0.1) is 5.92 Å². The summed E-state index contributed by atoms with van der Waals surface area (Å²) < 4.78 is 5.92. The minimum Gasteiger partial charge on any atom is -0.477 e. The lowest BCUT2D eigenvalue weighted by molar-refractivity contribution is 0.246. The Bertz CT molecular complexity index is 534. The molecule has 0 unspecified atom stereocenters. The molecule has 1 aliphatic carbocycles. The topological polar surface area (TPSA) is 47.0 Å². The highest BCUT2D eigenvalue weighted by Crippen LogP contribution is 2.30. The molecule has 0 radical (unpaired) electrons. The number of rotatable bonds is 4. The third-order valence-corrected chi connectivity index (χ3v) is 4.25. The predicted octanol–water partition coefficient (Wildman–Crippen LogP) is 3.30. The molecule has 2 heterocycles. The molecule has 1 saturated carbocycles. The van der Waals surface area contributed by atoms with E-state index >= 15 is 0 Å². The number of nitrogens with zero attached hydrogens (tertiary/aromatic N) is 2. The highest BCUT2D eigenvalue weighted by Gasteiger charge is 2.17. The Hall–Kier alpha value is -1.36. The van der Waals surface area contributed by atoms with Crippen LogP contribution < -0.4 is 10.1 Å². The van der Waals surface area contributed by atoms with E-state index in [2.05, 4.69) is 15.3 Å². The summed E-state index contributed by atoms with van der Waals surface area (Å²) in [5, 5.41) is 6.04. The van der Waals surface area contributed by atoms with E-state index in [9.17, 15) is 0 Å². The minimum absolute atomic E-state index is 0.631. The first-order chi connectivity index (χ1) is 8.86. The fourth-order valence-corrected chi connectivity index (χ4v) is 3.18. The molecule has 0 spiro atoms. The monoisotopic (exact) mass is 263 g/mol. The van der Waals surface area contributed by atoms with Crippen LogP contribution in [0.5, 0.6) is 5.88 Å². The van der Waals surface area contributed by atoms with Crippen molar-refractivity contribution in [2.24, 2.45) is 5.92 Å². The Morgan fingerprint density at radius 1 is 1.39 bits per heavy atom. The number of fused-ring (bicyclic) bond motifs is 1. The molecule has 18 heavy (non-hydrogen) atoms. The van der Waals surface area contributed by atoms with Crippen LogP contribution in [0.25, 0.3) is 10.2 Å². The number of hydrogen-bond acceptors (Lipinski definition) is 5. The van der Waals surface area contributed by atoms with Gasteiger partial charge in [-0.1, -0.05) is 12.8 Å². The molecule has 0 amide bonds. The third kappa shape index (κ3) is 2.27. The Balaban J connectivity index is 1.82. The molecule has 1 aliphatic rings. The Morgan fingerprint density at radius 2 is 2.22 bits per heavy atom. The number of ether oxygens (including phenoxy) is 1. The number of aromatic nitrogens is 2. The lowest BCUT2D eigenvalue weighted by Crippen LogP contribution is -2.10. The minimum atomic E-state index is 0.631. The number of nitrogens with one attached hydrogen (secondary N) is 1. The molecule has 3 rings (SSSR count). The van der Waals surface area contributed by atoms with Gasteiger partial charge in [-0.3, -0.25) is 0 Å². The smallest absolute Gasteiger partial charge is 0.227 e. The van der Waals surface area contributed by atoms with Crippen molar-refractivity contribution in [2.45, 2.75) is 25.7 Å². The molecule has 4 nitrogen and oxygen atoms in total. The summed E-state index contributed by atoms with van der Waals surface area (Å²) in [5.74, 6) is 2.05. The Labute approximate surface area is 110 Å². The van der Waals surface area contributed by atoms with Crippen LogP contribution in [-0.4, -0.2) is 23.6 Å². The molecule has 0 atom stereocenters. The summed E-state index contributed by atoms with van der Waals surface area (Å²) in [6, 6.07) is 2.03. The summed E-state index contributed by atoms with van der Waals surface area (Å²) >= 11 is 1.62. The molecule has 0 aliphatic heterocycles. The molecule has 0 bridgehead atoms. The summed E-state index contributed by atoms with van der Waals surface area (Å²) in [4.78, 5) is 9.81. The summed E-state index contributed by atoms with van der Waals surface area (Å²) in [6.07, 6.45) is 5.26. The van der Waals surface area contributed by atoms with Gasteiger partial charge in [-0.25, -0.2) is 4.98 Å². The van der Waals surface area contributed by atoms with E-state index in [4.69, 9.17) is 4.74 Å². The van der Waals surface area contributed by atoms with Gasteiger partial charge >= 0.3 is 0 Å². The Morgan fingerprint density at radius 3 is 3.00 bits per heavy atom. The van der Waals surface area contributed by atoms with E-state index in [0.29, 0.717) is 11.9 Å². The second kappa shape index (κ2) is 5.10. The van der Waals surface area contributed by atoms with Crippen molar-refractivity contribution in [3.8, 4) is 5.88 Å². The van der Waals surface area contributed by atoms with E-state index in [1.54, 1.807) is 11.3 Å². The largest absolute Gasteiger partial charge is 0.477 e. The highest BCUT2D eigenvalue weighted by atomic mass is 32.1. The van der Waals surface area contributed by atoms with Gasteiger partial charge < -0.3 is 10.1 Å². The van der Waals surface area contributed by atoms with E-state index in [1.807, 2.05) is 18.5 Å². The maximum absolute atomic E-state index is 5.92. The van der Waals surface area contributed by atoms with Gasteiger partial charge in [0.05, 0.1) is 12.0 Å². The van der Waals surface area contributed by atoms with Gasteiger partial charge in [0.25, 0.3) is 0 Å². The quantitative estimate of drug-likeness (QED) is 0.919. The molecule has 0 aromatic carbocycles. The van der Waals surface area contributed by atoms with Crippen molar-refractivity contribution in [2.75, 3.05) is 19.0 Å². The van der Waals surface area contributed by atoms with E-state index < -0.39 is 0 Å². The molecule has 2 aromatic rings. The van der Waals surface area contributed by atoms with Gasteiger partial charge in [-0.2, -0.15) is 4.98 Å². The van der Waals surface area contributed by atoms with Crippen molar-refractivity contribution in [3.05, 3.63) is 11.4 Å². The molecule has 96 valence electrons. The molecular weight excluding hydrogens is 246 g/mol. The van der Waals surface area contributed by atoms with Crippen LogP contribution in [0.15, 0.2) is 11.4 Å². The van der Waals surface area contributed by atoms with Crippen LogP contribution in [0.4, 0.5) is 5.95 Å². The molecule has 2 aromatic heterocycles. The standard InChI is InChI=1S/C13H17N3OS/c1-14-13-15-11(10-6-7-18-12(10)16-13)17-8-9-4-2-3-5-9/h6-7,9H,2-5,8H2,1H3,(H,14,15,16). The fourth-order valence-electron chi connectivity index (χ4n) is 2.42. The van der Waals surface area contributed by atoms with Gasteiger partial charge in [-0.05, 0) is 30.2 Å². The van der Waals surface area contributed by atoms with Gasteiger partial charge in [0.15, 0.2) is 0 Å². The summed E-state index contributed by atoms with van der Waals surface area (Å²) in [6.45, 7) is 0.783. The first kappa shape index (κ1) is 11.7. The second-order valence-electron chi connectivity index (χ2n) is 4.70. The first-order valence-corrected chi connectivity index (χ1v) is 7.30. The number of anilines is 1. The maximum Gasteiger partial charge on any atom is 0.227 e. The van der Waals surface area contributed by atoms with Crippen LogP contribution in [-0.2, 0) is 0 Å². The van der Waals surface area contributed by atoms with Crippen molar-refractivity contribution >= 4 is 27.5 Å². The fraction of sp³-hybridized carbons (Fsp3) is 0.538. The van der Waals surface area contributed by atoms with E-state index in [0.717, 1.165) is 22.7 Å². The van der Waals surface area contributed by atoms with Crippen LogP contribution >= 0.6 is 11.3 Å². The summed E-state index contributed by atoms with van der Waals surface area (Å²) in [7, 11) is 1.83. The zero-order valence-electron chi connectivity index (χ0n) is 10.5. The lowest BCUT2D eigenvalue weighted by Gasteiger charge is -2.11. The van der Waals surface area contributed by atoms with Crippen LogP contribution in [0.3, 0.4) is 0 Å². The van der Waals surface area contributed by atoms with E-state index in [-0.39, 0.29) is 0 Å². The van der Waals surface area contributed by atoms with E-state index in [1.165, 1.54) is 25.7 Å². The van der Waals surface area contributed by atoms with Crippen molar-refractivity contribution in [3.63, 3.8) is 0 Å². The average Bonchev–Trinajstić information content (AvgIpc) is 3.06. The lowest BCUT2D eigenvalue weighted by atomic mass is 10.1. The predicted molar refractivity (Wildman–Crippen MR) is 74.4 cm³/mol. The highest BCUT2D eigenvalue weighted by molar-refractivity contribution is 7.16. The molecule has 5 heteroatoms. The zero-order chi connectivity index (χ0) is 12.4. The molecule has 1 N–H and O–H groups in total. The average molecular weight is 263 g/mol. The first-order valence-electron chi connectivity index (χ1n) is 6.42. The number of hydrogen-bond donors (Lipinski definition) is 1. The van der Waals surface area contributed by atoms with Gasteiger partial charge in [-0.15, -0.1) is 11.3 Å². The normalized spacial score (nSPS) is 16.3. The molecule has 0 saturated heterocycles. The number of thiophene rings is 1. The van der Waals surface area contributed by atoms with Crippen molar-refractivity contribution in [1.82, 2.24) is 9.97 Å². The van der Waals surface area contributed by atoms with Gasteiger partial charge in [0.2, 0.25) is 11.8 Å². The molecule has 1 fully saturated rings. The van der Waals surface area contributed by atoms with Gasteiger partial charge in [0.1, 0.15) is 4.83 Å². The molecular formula is C13H17N3OS. The Kier molecular flexibility index (Phi) is 3.32. The van der Waals surface area contributed by atoms with Crippen molar-refractivity contribution < 1.29 is 4.74 Å². The second-order valence-corrected chi connectivity index (χ2v) is 5.60. The van der Waals surface area contributed by atoms with Crippen molar-refractivity contribution in [1.29, 1.82) is 0 Å². The van der Waals surface area contributed by atoms with Crippen LogP contribution in [0.2, 0.25) is 0 Å².